The van der Waals surface area contributed by atoms with Crippen LogP contribution < -0.4 is 10.2 Å². The average molecular weight is 275 g/mol. The summed E-state index contributed by atoms with van der Waals surface area (Å²) in [7, 11) is 0. The number of hydrogen-bond acceptors (Lipinski definition) is 3. The molecule has 2 unspecified atom stereocenters. The van der Waals surface area contributed by atoms with Gasteiger partial charge in [0.05, 0.1) is 5.69 Å². The third-order valence-corrected chi connectivity index (χ3v) is 4.21. The lowest BCUT2D eigenvalue weighted by atomic mass is 10.1. The number of aromatic nitrogens is 1. The van der Waals surface area contributed by atoms with E-state index in [9.17, 15) is 0 Å². The first-order valence-electron chi connectivity index (χ1n) is 8.05. The van der Waals surface area contributed by atoms with Crippen molar-refractivity contribution in [3.63, 3.8) is 0 Å². The van der Waals surface area contributed by atoms with Gasteiger partial charge in [-0.15, -0.1) is 0 Å². The summed E-state index contributed by atoms with van der Waals surface area (Å²) in [6, 6.07) is 5.77. The summed E-state index contributed by atoms with van der Waals surface area (Å²) in [5.74, 6) is 0.682. The Bertz CT molecular complexity index is 416. The van der Waals surface area contributed by atoms with E-state index in [1.54, 1.807) is 0 Å². The van der Waals surface area contributed by atoms with Gasteiger partial charge in [0.25, 0.3) is 0 Å². The van der Waals surface area contributed by atoms with Crippen LogP contribution in [0.5, 0.6) is 0 Å². The van der Waals surface area contributed by atoms with Crippen molar-refractivity contribution in [1.82, 2.24) is 10.3 Å². The molecule has 1 N–H and O–H groups in total. The summed E-state index contributed by atoms with van der Waals surface area (Å²) in [6.07, 6.45) is 5.82. The molecule has 0 aromatic carbocycles. The highest BCUT2D eigenvalue weighted by Gasteiger charge is 2.29. The van der Waals surface area contributed by atoms with E-state index in [0.29, 0.717) is 18.0 Å². The number of hydrogen-bond donors (Lipinski definition) is 1. The molecule has 2 rings (SSSR count). The van der Waals surface area contributed by atoms with Gasteiger partial charge in [0.2, 0.25) is 0 Å². The maximum atomic E-state index is 4.49. The minimum atomic E-state index is 0.652. The van der Waals surface area contributed by atoms with Gasteiger partial charge in [-0.2, -0.15) is 0 Å². The molecular formula is C17H29N3. The number of nitrogens with zero attached hydrogens (tertiary/aromatic N) is 2. The van der Waals surface area contributed by atoms with E-state index in [1.165, 1.54) is 24.9 Å². The molecule has 1 aliphatic rings. The van der Waals surface area contributed by atoms with Crippen molar-refractivity contribution in [2.24, 2.45) is 5.92 Å². The van der Waals surface area contributed by atoms with Gasteiger partial charge in [-0.05, 0) is 50.8 Å². The van der Waals surface area contributed by atoms with Gasteiger partial charge < -0.3 is 10.2 Å². The van der Waals surface area contributed by atoms with E-state index in [0.717, 1.165) is 18.8 Å². The van der Waals surface area contributed by atoms with E-state index >= 15 is 0 Å². The summed E-state index contributed by atoms with van der Waals surface area (Å²) in [6.45, 7) is 11.0. The van der Waals surface area contributed by atoms with Crippen molar-refractivity contribution in [3.05, 3.63) is 24.0 Å². The Morgan fingerprint density at radius 3 is 2.90 bits per heavy atom. The zero-order valence-electron chi connectivity index (χ0n) is 13.4. The fourth-order valence-corrected chi connectivity index (χ4v) is 3.15. The second kappa shape index (κ2) is 7.07. The van der Waals surface area contributed by atoms with Crippen LogP contribution >= 0.6 is 0 Å². The molecule has 1 saturated heterocycles. The van der Waals surface area contributed by atoms with Crippen molar-refractivity contribution < 1.29 is 0 Å². The molecule has 3 heteroatoms. The van der Waals surface area contributed by atoms with Crippen LogP contribution in [0.1, 0.15) is 52.7 Å². The van der Waals surface area contributed by atoms with E-state index in [-0.39, 0.29) is 0 Å². The van der Waals surface area contributed by atoms with E-state index in [2.05, 4.69) is 55.0 Å². The van der Waals surface area contributed by atoms with Gasteiger partial charge in [0.15, 0.2) is 0 Å². The second-order valence-electron chi connectivity index (χ2n) is 6.43. The lowest BCUT2D eigenvalue weighted by molar-refractivity contribution is 0.548. The molecule has 2 atom stereocenters. The number of nitrogens with one attached hydrogen (secondary N) is 1. The summed E-state index contributed by atoms with van der Waals surface area (Å²) < 4.78 is 0. The second-order valence-corrected chi connectivity index (χ2v) is 6.43. The maximum Gasteiger partial charge on any atom is 0.0562 e. The van der Waals surface area contributed by atoms with Crippen LogP contribution in [0, 0.1) is 5.92 Å². The molecule has 1 aliphatic heterocycles. The van der Waals surface area contributed by atoms with Gasteiger partial charge >= 0.3 is 0 Å². The highest BCUT2D eigenvalue weighted by Crippen LogP contribution is 2.31. The Balaban J connectivity index is 2.05. The molecule has 0 saturated carbocycles. The monoisotopic (exact) mass is 275 g/mol. The molecular weight excluding hydrogens is 246 g/mol. The number of rotatable bonds is 6. The Labute approximate surface area is 123 Å². The first-order valence-corrected chi connectivity index (χ1v) is 8.05. The van der Waals surface area contributed by atoms with Crippen LogP contribution in [0.15, 0.2) is 18.3 Å². The molecule has 0 radical (unpaired) electrons. The highest BCUT2D eigenvalue weighted by atomic mass is 15.2. The highest BCUT2D eigenvalue weighted by molar-refractivity contribution is 5.49. The summed E-state index contributed by atoms with van der Waals surface area (Å²) in [5, 5.41) is 3.47. The summed E-state index contributed by atoms with van der Waals surface area (Å²) in [5.41, 5.74) is 2.50. The fourth-order valence-electron chi connectivity index (χ4n) is 3.15. The number of anilines is 1. The molecule has 0 amide bonds. The summed E-state index contributed by atoms with van der Waals surface area (Å²) >= 11 is 0. The first kappa shape index (κ1) is 15.3. The van der Waals surface area contributed by atoms with Gasteiger partial charge in [-0.1, -0.05) is 20.8 Å². The Morgan fingerprint density at radius 2 is 2.20 bits per heavy atom. The topological polar surface area (TPSA) is 28.2 Å². The predicted molar refractivity (Wildman–Crippen MR) is 86.0 cm³/mol. The van der Waals surface area contributed by atoms with Crippen molar-refractivity contribution in [1.29, 1.82) is 0 Å². The Morgan fingerprint density at radius 1 is 1.40 bits per heavy atom. The first-order chi connectivity index (χ1) is 9.61. The molecule has 1 fully saturated rings. The lowest BCUT2D eigenvalue weighted by Crippen LogP contribution is -2.34. The fraction of sp³-hybridized carbons (Fsp3) is 0.706. The molecule has 2 heterocycles. The van der Waals surface area contributed by atoms with Crippen LogP contribution in [0.3, 0.4) is 0 Å². The van der Waals surface area contributed by atoms with E-state index in [1.807, 2.05) is 6.20 Å². The lowest BCUT2D eigenvalue weighted by Gasteiger charge is -2.30. The van der Waals surface area contributed by atoms with Gasteiger partial charge in [0, 0.05) is 30.5 Å². The van der Waals surface area contributed by atoms with Crippen LogP contribution in [-0.2, 0) is 6.54 Å². The largest absolute Gasteiger partial charge is 0.366 e. The normalized spacial score (nSPS) is 22.8. The van der Waals surface area contributed by atoms with Crippen LogP contribution in [0.25, 0.3) is 0 Å². The Kier molecular flexibility index (Phi) is 5.41. The van der Waals surface area contributed by atoms with Crippen LogP contribution in [-0.4, -0.2) is 23.6 Å². The predicted octanol–water partition coefficient (Wildman–Crippen LogP) is 3.59. The van der Waals surface area contributed by atoms with Crippen LogP contribution in [0.2, 0.25) is 0 Å². The zero-order chi connectivity index (χ0) is 14.5. The molecule has 1 aromatic heterocycles. The maximum absolute atomic E-state index is 4.49. The van der Waals surface area contributed by atoms with Crippen molar-refractivity contribution >= 4 is 5.69 Å². The molecule has 20 heavy (non-hydrogen) atoms. The van der Waals surface area contributed by atoms with Crippen molar-refractivity contribution in [2.75, 3.05) is 11.4 Å². The van der Waals surface area contributed by atoms with Crippen LogP contribution in [0.4, 0.5) is 5.69 Å². The molecule has 112 valence electrons. The van der Waals surface area contributed by atoms with E-state index in [4.69, 9.17) is 0 Å². The zero-order valence-corrected chi connectivity index (χ0v) is 13.4. The standard InChI is InChI=1S/C17H29N3/c1-5-16-7-6-14(4)20(16)17-8-9-19-15(10-17)12-18-11-13(2)3/h8-10,13-14,16,18H,5-7,11-12H2,1-4H3. The minimum absolute atomic E-state index is 0.652. The molecule has 0 aliphatic carbocycles. The van der Waals surface area contributed by atoms with E-state index < -0.39 is 0 Å². The quantitative estimate of drug-likeness (QED) is 0.860. The van der Waals surface area contributed by atoms with Crippen molar-refractivity contribution in [3.8, 4) is 0 Å². The van der Waals surface area contributed by atoms with Gasteiger partial charge in [-0.25, -0.2) is 0 Å². The third kappa shape index (κ3) is 3.72. The van der Waals surface area contributed by atoms with Gasteiger partial charge in [-0.3, -0.25) is 4.98 Å². The third-order valence-electron chi connectivity index (χ3n) is 4.21. The average Bonchev–Trinajstić information content (AvgIpc) is 2.80. The molecule has 3 nitrogen and oxygen atoms in total. The van der Waals surface area contributed by atoms with Crippen molar-refractivity contribution in [2.45, 2.75) is 65.6 Å². The Hall–Kier alpha value is -1.09. The molecule has 0 spiro atoms. The number of pyridine rings is 1. The van der Waals surface area contributed by atoms with Gasteiger partial charge in [0.1, 0.15) is 0 Å². The smallest absolute Gasteiger partial charge is 0.0562 e. The summed E-state index contributed by atoms with van der Waals surface area (Å²) in [4.78, 5) is 7.09. The SMILES string of the molecule is CCC1CCC(C)N1c1ccnc(CNCC(C)C)c1. The minimum Gasteiger partial charge on any atom is -0.366 e. The molecule has 0 bridgehead atoms. The molecule has 1 aromatic rings.